The van der Waals surface area contributed by atoms with Gasteiger partial charge in [0, 0.05) is 11.9 Å². The summed E-state index contributed by atoms with van der Waals surface area (Å²) < 4.78 is 12.1. The normalized spacial score (nSPS) is 12.0. The van der Waals surface area contributed by atoms with Gasteiger partial charge in [-0.1, -0.05) is 30.9 Å². The predicted octanol–water partition coefficient (Wildman–Crippen LogP) is 3.96. The van der Waals surface area contributed by atoms with E-state index in [1.54, 1.807) is 6.08 Å². The minimum atomic E-state index is -0.428. The second-order valence-corrected chi connectivity index (χ2v) is 3.84. The van der Waals surface area contributed by atoms with E-state index in [1.165, 1.54) is 11.6 Å². The second kappa shape index (κ2) is 7.55. The molecule has 1 nitrogen and oxygen atoms in total. The molecule has 0 amide bonds. The summed E-state index contributed by atoms with van der Waals surface area (Å²) in [7, 11) is 0. The highest BCUT2D eigenvalue weighted by Gasteiger charge is 1.96. The number of aryl methyl sites for hydroxylation is 2. The van der Waals surface area contributed by atoms with Gasteiger partial charge in [0.2, 0.25) is 0 Å². The molecule has 1 aromatic heterocycles. The Kier molecular flexibility index (Phi) is 5.94. The summed E-state index contributed by atoms with van der Waals surface area (Å²) in [6.07, 6.45) is 10.6. The van der Waals surface area contributed by atoms with Gasteiger partial charge in [-0.05, 0) is 43.0 Å². The topological polar surface area (TPSA) is 12.9 Å². The Morgan fingerprint density at radius 2 is 2.35 bits per heavy atom. The van der Waals surface area contributed by atoms with Crippen LogP contribution in [0.5, 0.6) is 0 Å². The molecule has 0 atom stereocenters. The van der Waals surface area contributed by atoms with Crippen LogP contribution in [0, 0.1) is 6.92 Å². The van der Waals surface area contributed by atoms with E-state index in [-0.39, 0.29) is 0 Å². The van der Waals surface area contributed by atoms with E-state index in [1.807, 2.05) is 31.3 Å². The lowest BCUT2D eigenvalue weighted by Crippen LogP contribution is -1.90. The van der Waals surface area contributed by atoms with Crippen LogP contribution in [0.1, 0.15) is 17.7 Å². The summed E-state index contributed by atoms with van der Waals surface area (Å²) in [5, 5.41) is 0. The van der Waals surface area contributed by atoms with E-state index in [4.69, 9.17) is 0 Å². The molecule has 0 aliphatic carbocycles. The maximum Gasteiger partial charge on any atom is 0.108 e. The third-order valence-corrected chi connectivity index (χ3v) is 2.42. The van der Waals surface area contributed by atoms with E-state index in [0.717, 1.165) is 24.1 Å². The Hall–Kier alpha value is -1.70. The van der Waals surface area contributed by atoms with Crippen LogP contribution in [-0.4, -0.2) is 11.7 Å². The summed E-state index contributed by atoms with van der Waals surface area (Å²) in [5.41, 5.74) is 3.37. The maximum absolute atomic E-state index is 12.1. The zero-order valence-corrected chi connectivity index (χ0v) is 10.2. The van der Waals surface area contributed by atoms with E-state index >= 15 is 0 Å². The number of rotatable bonds is 6. The molecule has 90 valence electrons. The van der Waals surface area contributed by atoms with Gasteiger partial charge in [-0.15, -0.1) is 0 Å². The van der Waals surface area contributed by atoms with Crippen LogP contribution in [0.25, 0.3) is 0 Å². The molecule has 0 saturated carbocycles. The van der Waals surface area contributed by atoms with Crippen LogP contribution >= 0.6 is 0 Å². The lowest BCUT2D eigenvalue weighted by atomic mass is 10.0. The molecule has 0 aliphatic heterocycles. The number of aromatic nitrogens is 1. The van der Waals surface area contributed by atoms with Gasteiger partial charge in [0.25, 0.3) is 0 Å². The number of allylic oxidation sites excluding steroid dienone is 5. The third kappa shape index (κ3) is 5.25. The Morgan fingerprint density at radius 1 is 1.53 bits per heavy atom. The van der Waals surface area contributed by atoms with Crippen molar-refractivity contribution in [2.75, 3.05) is 6.67 Å². The maximum atomic E-state index is 12.1. The summed E-state index contributed by atoms with van der Waals surface area (Å²) in [6, 6.07) is 4.09. The summed E-state index contributed by atoms with van der Waals surface area (Å²) in [6.45, 7) is 5.22. The monoisotopic (exact) mass is 231 g/mol. The van der Waals surface area contributed by atoms with Gasteiger partial charge in [0.15, 0.2) is 0 Å². The van der Waals surface area contributed by atoms with Crippen molar-refractivity contribution >= 4 is 0 Å². The van der Waals surface area contributed by atoms with Gasteiger partial charge in [0.05, 0.1) is 0 Å². The average molecular weight is 231 g/mol. The first-order valence-corrected chi connectivity index (χ1v) is 5.72. The van der Waals surface area contributed by atoms with Crippen molar-refractivity contribution in [3.8, 4) is 0 Å². The van der Waals surface area contributed by atoms with Crippen LogP contribution in [0.15, 0.2) is 54.8 Å². The highest BCUT2D eigenvalue weighted by molar-refractivity contribution is 5.25. The van der Waals surface area contributed by atoms with E-state index in [9.17, 15) is 4.39 Å². The van der Waals surface area contributed by atoms with Crippen molar-refractivity contribution in [3.63, 3.8) is 0 Å². The predicted molar refractivity (Wildman–Crippen MR) is 70.7 cm³/mol. The van der Waals surface area contributed by atoms with Gasteiger partial charge < -0.3 is 0 Å². The lowest BCUT2D eigenvalue weighted by molar-refractivity contribution is 0.561. The minimum Gasteiger partial charge on any atom is -0.262 e. The molecule has 0 aliphatic rings. The molecule has 0 N–H and O–H groups in total. The molecule has 0 bridgehead atoms. The van der Waals surface area contributed by atoms with Crippen LogP contribution in [-0.2, 0) is 6.42 Å². The van der Waals surface area contributed by atoms with Crippen molar-refractivity contribution in [3.05, 3.63) is 66.0 Å². The molecule has 0 saturated heterocycles. The standard InChI is InChI=1S/C15H18FN/c1-3-5-14(6-4-10-16)7-8-15-9-11-17-13(2)12-15/h3-6,9,11-12H,1,7-8,10H2,2H3/b6-4-,14-5+. The van der Waals surface area contributed by atoms with E-state index < -0.39 is 6.67 Å². The third-order valence-electron chi connectivity index (χ3n) is 2.42. The van der Waals surface area contributed by atoms with Crippen LogP contribution in [0.3, 0.4) is 0 Å². The number of nitrogens with zero attached hydrogens (tertiary/aromatic N) is 1. The van der Waals surface area contributed by atoms with Crippen molar-refractivity contribution < 1.29 is 4.39 Å². The molecule has 2 heteroatoms. The Labute approximate surface area is 102 Å². The van der Waals surface area contributed by atoms with Crippen LogP contribution in [0.2, 0.25) is 0 Å². The molecule has 0 fully saturated rings. The fraction of sp³-hybridized carbons (Fsp3) is 0.267. The molecule has 0 unspecified atom stereocenters. The molecular formula is C15H18FN. The number of halogens is 1. The van der Waals surface area contributed by atoms with Gasteiger partial charge in [-0.2, -0.15) is 0 Å². The van der Waals surface area contributed by atoms with Gasteiger partial charge in [-0.25, -0.2) is 4.39 Å². The second-order valence-electron chi connectivity index (χ2n) is 3.84. The van der Waals surface area contributed by atoms with Crippen molar-refractivity contribution in [1.29, 1.82) is 0 Å². The average Bonchev–Trinajstić information content (AvgIpc) is 2.33. The quantitative estimate of drug-likeness (QED) is 0.675. The molecule has 1 heterocycles. The van der Waals surface area contributed by atoms with Crippen LogP contribution < -0.4 is 0 Å². The SMILES string of the molecule is C=C/C=C(\C=C/CF)CCc1ccnc(C)c1. The molecule has 0 aromatic carbocycles. The molecule has 0 spiro atoms. The van der Waals surface area contributed by atoms with Crippen molar-refractivity contribution in [2.45, 2.75) is 19.8 Å². The van der Waals surface area contributed by atoms with Gasteiger partial charge in [-0.3, -0.25) is 4.98 Å². The van der Waals surface area contributed by atoms with Gasteiger partial charge in [0.1, 0.15) is 6.67 Å². The lowest BCUT2D eigenvalue weighted by Gasteiger charge is -2.03. The first-order chi connectivity index (χ1) is 8.26. The molecule has 1 rings (SSSR count). The summed E-state index contributed by atoms with van der Waals surface area (Å²) >= 11 is 0. The first kappa shape index (κ1) is 13.4. The first-order valence-electron chi connectivity index (χ1n) is 5.72. The number of hydrogen-bond acceptors (Lipinski definition) is 1. The van der Waals surface area contributed by atoms with Crippen molar-refractivity contribution in [2.24, 2.45) is 0 Å². The van der Waals surface area contributed by atoms with E-state index in [2.05, 4.69) is 17.6 Å². The largest absolute Gasteiger partial charge is 0.262 e. The molecule has 0 radical (unpaired) electrons. The highest BCUT2D eigenvalue weighted by atomic mass is 19.1. The zero-order valence-electron chi connectivity index (χ0n) is 10.2. The zero-order chi connectivity index (χ0) is 12.5. The van der Waals surface area contributed by atoms with Gasteiger partial charge >= 0.3 is 0 Å². The number of pyridine rings is 1. The van der Waals surface area contributed by atoms with Crippen molar-refractivity contribution in [1.82, 2.24) is 4.98 Å². The summed E-state index contributed by atoms with van der Waals surface area (Å²) in [4.78, 5) is 4.16. The highest BCUT2D eigenvalue weighted by Crippen LogP contribution is 2.11. The fourth-order valence-corrected chi connectivity index (χ4v) is 1.62. The Bertz CT molecular complexity index is 419. The minimum absolute atomic E-state index is 0.428. The fourth-order valence-electron chi connectivity index (χ4n) is 1.62. The Morgan fingerprint density at radius 3 is 3.00 bits per heavy atom. The van der Waals surface area contributed by atoms with Crippen LogP contribution in [0.4, 0.5) is 4.39 Å². The Balaban J connectivity index is 2.61. The number of alkyl halides is 1. The number of hydrogen-bond donors (Lipinski definition) is 0. The molecule has 17 heavy (non-hydrogen) atoms. The van der Waals surface area contributed by atoms with E-state index in [0.29, 0.717) is 0 Å². The summed E-state index contributed by atoms with van der Waals surface area (Å²) in [5.74, 6) is 0. The molecular weight excluding hydrogens is 213 g/mol. The smallest absolute Gasteiger partial charge is 0.108 e. The molecule has 1 aromatic rings.